The van der Waals surface area contributed by atoms with Crippen LogP contribution in [0, 0.1) is 5.92 Å². The maximum Gasteiger partial charge on any atom is 0.306 e. The molecule has 2 N–H and O–H groups in total. The number of nitrogens with zero attached hydrogens (tertiary/aromatic N) is 1. The molecule has 0 radical (unpaired) electrons. The van der Waals surface area contributed by atoms with Crippen molar-refractivity contribution < 1.29 is 18.3 Å². The molecule has 7 heteroatoms. The van der Waals surface area contributed by atoms with Crippen molar-refractivity contribution in [1.29, 1.82) is 0 Å². The summed E-state index contributed by atoms with van der Waals surface area (Å²) in [5.74, 6) is -1.22. The first-order valence-corrected chi connectivity index (χ1v) is 7.43. The van der Waals surface area contributed by atoms with Gasteiger partial charge in [0.05, 0.1) is 5.92 Å². The Labute approximate surface area is 101 Å². The Morgan fingerprint density at radius 1 is 1.18 bits per heavy atom. The number of aliphatic carboxylic acids is 1. The minimum absolute atomic E-state index is 0.0807. The van der Waals surface area contributed by atoms with Crippen LogP contribution < -0.4 is 4.72 Å². The van der Waals surface area contributed by atoms with Crippen LogP contribution in [0.15, 0.2) is 0 Å². The summed E-state index contributed by atoms with van der Waals surface area (Å²) in [6, 6.07) is 0.0807. The molecular formula is C10H18N2O4S. The monoisotopic (exact) mass is 262 g/mol. The normalized spacial score (nSPS) is 24.5. The fraction of sp³-hybridized carbons (Fsp3) is 0.900. The van der Waals surface area contributed by atoms with Gasteiger partial charge in [-0.15, -0.1) is 0 Å². The van der Waals surface area contributed by atoms with E-state index in [1.807, 2.05) is 0 Å². The van der Waals surface area contributed by atoms with E-state index in [1.54, 1.807) is 0 Å². The number of rotatable bonds is 4. The summed E-state index contributed by atoms with van der Waals surface area (Å²) in [7, 11) is -3.40. The molecule has 0 aromatic carbocycles. The smallest absolute Gasteiger partial charge is 0.306 e. The van der Waals surface area contributed by atoms with Crippen LogP contribution in [-0.2, 0) is 15.0 Å². The van der Waals surface area contributed by atoms with Gasteiger partial charge in [-0.25, -0.2) is 0 Å². The second-order valence-electron chi connectivity index (χ2n) is 4.76. The molecule has 0 aromatic heterocycles. The molecule has 1 saturated carbocycles. The molecule has 6 nitrogen and oxygen atoms in total. The predicted octanol–water partition coefficient (Wildman–Crippen LogP) is 0.170. The van der Waals surface area contributed by atoms with Crippen molar-refractivity contribution in [2.45, 2.75) is 38.1 Å². The van der Waals surface area contributed by atoms with Crippen LogP contribution in [0.5, 0.6) is 0 Å². The van der Waals surface area contributed by atoms with Gasteiger partial charge >= 0.3 is 5.97 Å². The van der Waals surface area contributed by atoms with Crippen LogP contribution in [0.3, 0.4) is 0 Å². The summed E-state index contributed by atoms with van der Waals surface area (Å²) in [6.45, 7) is 0.609. The molecule has 2 aliphatic rings. The van der Waals surface area contributed by atoms with Gasteiger partial charge in [0.15, 0.2) is 0 Å². The Morgan fingerprint density at radius 2 is 1.76 bits per heavy atom. The first-order chi connectivity index (χ1) is 7.99. The van der Waals surface area contributed by atoms with Crippen molar-refractivity contribution in [3.8, 4) is 0 Å². The van der Waals surface area contributed by atoms with Gasteiger partial charge in [0, 0.05) is 19.1 Å². The largest absolute Gasteiger partial charge is 0.481 e. The second kappa shape index (κ2) is 4.91. The van der Waals surface area contributed by atoms with Gasteiger partial charge < -0.3 is 5.11 Å². The molecule has 0 atom stereocenters. The van der Waals surface area contributed by atoms with Crippen molar-refractivity contribution in [3.63, 3.8) is 0 Å². The van der Waals surface area contributed by atoms with E-state index < -0.39 is 22.1 Å². The van der Waals surface area contributed by atoms with E-state index in [-0.39, 0.29) is 6.04 Å². The van der Waals surface area contributed by atoms with E-state index >= 15 is 0 Å². The Hall–Kier alpha value is -0.660. The zero-order valence-electron chi connectivity index (χ0n) is 9.63. The highest BCUT2D eigenvalue weighted by atomic mass is 32.2. The third-order valence-electron chi connectivity index (χ3n) is 3.56. The van der Waals surface area contributed by atoms with E-state index in [2.05, 4.69) is 4.72 Å². The molecule has 0 aromatic rings. The summed E-state index contributed by atoms with van der Waals surface area (Å²) >= 11 is 0. The molecule has 1 saturated heterocycles. The first kappa shape index (κ1) is 12.8. The SMILES string of the molecule is O=C(O)C1CCN(S(=O)(=O)NC2CCC2)CC1. The first-order valence-electron chi connectivity index (χ1n) is 5.99. The summed E-state index contributed by atoms with van der Waals surface area (Å²) in [5.41, 5.74) is 0. The minimum atomic E-state index is -3.40. The van der Waals surface area contributed by atoms with Crippen molar-refractivity contribution in [2.24, 2.45) is 5.92 Å². The molecule has 98 valence electrons. The predicted molar refractivity (Wildman–Crippen MR) is 61.6 cm³/mol. The molecule has 0 bridgehead atoms. The summed E-state index contributed by atoms with van der Waals surface area (Å²) in [5, 5.41) is 8.84. The Bertz CT molecular complexity index is 383. The lowest BCUT2D eigenvalue weighted by atomic mass is 9.94. The van der Waals surface area contributed by atoms with Crippen LogP contribution in [0.4, 0.5) is 0 Å². The van der Waals surface area contributed by atoms with Crippen molar-refractivity contribution in [3.05, 3.63) is 0 Å². The van der Waals surface area contributed by atoms with Crippen molar-refractivity contribution >= 4 is 16.2 Å². The number of carboxylic acid groups (broad SMARTS) is 1. The quantitative estimate of drug-likeness (QED) is 0.756. The molecule has 2 fully saturated rings. The number of carboxylic acids is 1. The van der Waals surface area contributed by atoms with Crippen LogP contribution >= 0.6 is 0 Å². The molecule has 0 amide bonds. The Balaban J connectivity index is 1.88. The highest BCUT2D eigenvalue weighted by Crippen LogP contribution is 2.22. The number of carbonyl (C=O) groups is 1. The number of piperidine rings is 1. The van der Waals surface area contributed by atoms with Crippen molar-refractivity contribution in [1.82, 2.24) is 9.03 Å². The molecular weight excluding hydrogens is 244 g/mol. The van der Waals surface area contributed by atoms with Crippen LogP contribution in [0.1, 0.15) is 32.1 Å². The zero-order chi connectivity index (χ0) is 12.5. The maximum atomic E-state index is 11.9. The third kappa shape index (κ3) is 2.97. The van der Waals surface area contributed by atoms with E-state index in [4.69, 9.17) is 5.11 Å². The lowest BCUT2D eigenvalue weighted by molar-refractivity contribution is -0.142. The van der Waals surface area contributed by atoms with E-state index in [1.165, 1.54) is 4.31 Å². The zero-order valence-corrected chi connectivity index (χ0v) is 10.4. The standard InChI is InChI=1S/C10H18N2O4S/c13-10(14)8-4-6-12(7-5-8)17(15,16)11-9-2-1-3-9/h8-9,11H,1-7H2,(H,13,14). The lowest BCUT2D eigenvalue weighted by Gasteiger charge is -2.33. The van der Waals surface area contributed by atoms with Gasteiger partial charge in [-0.1, -0.05) is 6.42 Å². The average Bonchev–Trinajstić information content (AvgIpc) is 2.24. The molecule has 1 aliphatic carbocycles. The minimum Gasteiger partial charge on any atom is -0.481 e. The van der Waals surface area contributed by atoms with E-state index in [0.29, 0.717) is 25.9 Å². The van der Waals surface area contributed by atoms with E-state index in [9.17, 15) is 13.2 Å². The van der Waals surface area contributed by atoms with Gasteiger partial charge in [-0.2, -0.15) is 17.4 Å². The Morgan fingerprint density at radius 3 is 2.18 bits per heavy atom. The molecule has 2 rings (SSSR count). The molecule has 0 spiro atoms. The van der Waals surface area contributed by atoms with Gasteiger partial charge in [0.25, 0.3) is 10.2 Å². The van der Waals surface area contributed by atoms with Crippen LogP contribution in [-0.4, -0.2) is 42.9 Å². The lowest BCUT2D eigenvalue weighted by Crippen LogP contribution is -2.50. The topological polar surface area (TPSA) is 86.7 Å². The highest BCUT2D eigenvalue weighted by molar-refractivity contribution is 7.87. The average molecular weight is 262 g/mol. The highest BCUT2D eigenvalue weighted by Gasteiger charge is 2.33. The maximum absolute atomic E-state index is 11.9. The van der Waals surface area contributed by atoms with E-state index in [0.717, 1.165) is 19.3 Å². The number of nitrogens with one attached hydrogen (secondary N) is 1. The van der Waals surface area contributed by atoms with Crippen LogP contribution in [0.2, 0.25) is 0 Å². The second-order valence-corrected chi connectivity index (χ2v) is 6.46. The van der Waals surface area contributed by atoms with Crippen molar-refractivity contribution in [2.75, 3.05) is 13.1 Å². The molecule has 1 heterocycles. The van der Waals surface area contributed by atoms with Crippen LogP contribution in [0.25, 0.3) is 0 Å². The fourth-order valence-electron chi connectivity index (χ4n) is 2.15. The van der Waals surface area contributed by atoms with Gasteiger partial charge in [0.2, 0.25) is 0 Å². The third-order valence-corrected chi connectivity index (χ3v) is 5.24. The van der Waals surface area contributed by atoms with Gasteiger partial charge in [-0.05, 0) is 25.7 Å². The molecule has 0 unspecified atom stereocenters. The summed E-state index contributed by atoms with van der Waals surface area (Å²) in [6.07, 6.45) is 3.70. The molecule has 1 aliphatic heterocycles. The van der Waals surface area contributed by atoms with Gasteiger partial charge in [0.1, 0.15) is 0 Å². The summed E-state index contributed by atoms with van der Waals surface area (Å²) < 4.78 is 27.9. The summed E-state index contributed by atoms with van der Waals surface area (Å²) in [4.78, 5) is 10.8. The number of hydrogen-bond acceptors (Lipinski definition) is 3. The fourth-order valence-corrected chi connectivity index (χ4v) is 3.65. The number of hydrogen-bond donors (Lipinski definition) is 2. The van der Waals surface area contributed by atoms with Gasteiger partial charge in [-0.3, -0.25) is 4.79 Å². The molecule has 17 heavy (non-hydrogen) atoms. The Kier molecular flexibility index (Phi) is 3.70.